The standard InChI is InChI=1S/C19H24O5/c1-9(2)14-12-10(8-11(20)23-14)18(3)6-5-7-19(4)16(18)15(13(12)21)24-17(19)22/h8-9,13,15-16,21H,5-7H2,1-4H3/t13-,15-,16-,18-,19+/m1/s1. The molecule has 24 heavy (non-hydrogen) atoms. The minimum absolute atomic E-state index is 0.0328. The van der Waals surface area contributed by atoms with E-state index in [0.717, 1.165) is 24.8 Å². The maximum atomic E-state index is 12.6. The Balaban J connectivity index is 2.03. The van der Waals surface area contributed by atoms with Gasteiger partial charge in [0.1, 0.15) is 18.0 Å². The molecule has 1 aromatic heterocycles. The number of carbonyl (C=O) groups is 1. The zero-order chi connectivity index (χ0) is 17.4. The van der Waals surface area contributed by atoms with Crippen molar-refractivity contribution in [3.05, 3.63) is 33.4 Å². The van der Waals surface area contributed by atoms with Crippen LogP contribution in [0.15, 0.2) is 15.3 Å². The summed E-state index contributed by atoms with van der Waals surface area (Å²) in [5.41, 5.74) is 0.164. The van der Waals surface area contributed by atoms with E-state index in [0.29, 0.717) is 11.3 Å². The van der Waals surface area contributed by atoms with Gasteiger partial charge in [-0.2, -0.15) is 0 Å². The number of hydrogen-bond donors (Lipinski definition) is 1. The van der Waals surface area contributed by atoms with Gasteiger partial charge in [0.05, 0.1) is 5.41 Å². The summed E-state index contributed by atoms with van der Waals surface area (Å²) in [4.78, 5) is 24.7. The van der Waals surface area contributed by atoms with Gasteiger partial charge in [-0.3, -0.25) is 4.79 Å². The molecule has 1 saturated heterocycles. The summed E-state index contributed by atoms with van der Waals surface area (Å²) in [6.45, 7) is 7.93. The average molecular weight is 332 g/mol. The lowest BCUT2D eigenvalue weighted by Gasteiger charge is -2.52. The number of aliphatic hydroxyl groups is 1. The fourth-order valence-electron chi connectivity index (χ4n) is 5.56. The van der Waals surface area contributed by atoms with Gasteiger partial charge in [0.15, 0.2) is 0 Å². The Morgan fingerprint density at radius 1 is 1.21 bits per heavy atom. The van der Waals surface area contributed by atoms with Crippen molar-refractivity contribution >= 4 is 5.97 Å². The van der Waals surface area contributed by atoms with Crippen molar-refractivity contribution in [1.29, 1.82) is 0 Å². The van der Waals surface area contributed by atoms with Gasteiger partial charge in [-0.05, 0) is 25.3 Å². The van der Waals surface area contributed by atoms with Crippen molar-refractivity contribution in [3.8, 4) is 0 Å². The summed E-state index contributed by atoms with van der Waals surface area (Å²) < 4.78 is 11.1. The number of hydrogen-bond acceptors (Lipinski definition) is 5. The number of ether oxygens (including phenoxy) is 1. The first-order valence-corrected chi connectivity index (χ1v) is 8.78. The molecule has 2 aliphatic carbocycles. The van der Waals surface area contributed by atoms with Crippen LogP contribution in [0.25, 0.3) is 0 Å². The fourth-order valence-corrected chi connectivity index (χ4v) is 5.56. The van der Waals surface area contributed by atoms with E-state index in [-0.39, 0.29) is 28.8 Å². The van der Waals surface area contributed by atoms with Gasteiger partial charge >= 0.3 is 11.6 Å². The van der Waals surface area contributed by atoms with Crippen molar-refractivity contribution in [1.82, 2.24) is 0 Å². The first kappa shape index (κ1) is 15.9. The normalized spacial score (nSPS) is 40.2. The van der Waals surface area contributed by atoms with Crippen molar-refractivity contribution in [2.24, 2.45) is 11.3 Å². The van der Waals surface area contributed by atoms with E-state index in [4.69, 9.17) is 9.15 Å². The second-order valence-electron chi connectivity index (χ2n) is 8.39. The van der Waals surface area contributed by atoms with Crippen molar-refractivity contribution < 1.29 is 19.1 Å². The number of esters is 1. The van der Waals surface area contributed by atoms with Gasteiger partial charge < -0.3 is 14.3 Å². The highest BCUT2D eigenvalue weighted by molar-refractivity contribution is 5.80. The maximum absolute atomic E-state index is 12.6. The van der Waals surface area contributed by atoms with E-state index in [9.17, 15) is 14.7 Å². The maximum Gasteiger partial charge on any atom is 0.336 e. The van der Waals surface area contributed by atoms with Gasteiger partial charge in [0.25, 0.3) is 0 Å². The Hall–Kier alpha value is -1.62. The Bertz CT molecular complexity index is 778. The van der Waals surface area contributed by atoms with E-state index in [1.807, 2.05) is 20.8 Å². The molecule has 1 N–H and O–H groups in total. The lowest BCUT2D eigenvalue weighted by atomic mass is 9.49. The predicted molar refractivity (Wildman–Crippen MR) is 86.7 cm³/mol. The van der Waals surface area contributed by atoms with Crippen LogP contribution in [0.2, 0.25) is 0 Å². The van der Waals surface area contributed by atoms with Gasteiger partial charge in [0.2, 0.25) is 0 Å². The summed E-state index contributed by atoms with van der Waals surface area (Å²) in [5.74, 6) is 0.144. The molecule has 0 radical (unpaired) electrons. The lowest BCUT2D eigenvalue weighted by Crippen LogP contribution is -2.54. The largest absolute Gasteiger partial charge is 0.458 e. The van der Waals surface area contributed by atoms with Crippen LogP contribution in [0.1, 0.15) is 75.9 Å². The molecule has 1 aliphatic heterocycles. The Morgan fingerprint density at radius 2 is 1.88 bits per heavy atom. The van der Waals surface area contributed by atoms with Gasteiger partial charge in [-0.15, -0.1) is 0 Å². The molecule has 4 rings (SSSR count). The minimum Gasteiger partial charge on any atom is -0.458 e. The van der Waals surface area contributed by atoms with Gasteiger partial charge in [0, 0.05) is 28.9 Å². The molecule has 5 atom stereocenters. The zero-order valence-corrected chi connectivity index (χ0v) is 14.6. The molecule has 0 aromatic carbocycles. The Labute approximate surface area is 141 Å². The summed E-state index contributed by atoms with van der Waals surface area (Å²) >= 11 is 0. The van der Waals surface area contributed by atoms with Gasteiger partial charge in [-0.1, -0.05) is 27.2 Å². The number of fused-ring (bicyclic) bond motifs is 2. The third kappa shape index (κ3) is 1.74. The number of rotatable bonds is 1. The third-order valence-electron chi connectivity index (χ3n) is 6.58. The van der Waals surface area contributed by atoms with Crippen LogP contribution in [-0.4, -0.2) is 17.2 Å². The Kier molecular flexibility index (Phi) is 3.12. The minimum atomic E-state index is -0.941. The summed E-state index contributed by atoms with van der Waals surface area (Å²) in [7, 11) is 0. The van der Waals surface area contributed by atoms with Crippen molar-refractivity contribution in [3.63, 3.8) is 0 Å². The van der Waals surface area contributed by atoms with Crippen LogP contribution in [0.5, 0.6) is 0 Å². The zero-order valence-electron chi connectivity index (χ0n) is 14.6. The van der Waals surface area contributed by atoms with E-state index < -0.39 is 17.6 Å². The number of aliphatic hydroxyl groups excluding tert-OH is 1. The molecule has 0 bridgehead atoms. The van der Waals surface area contributed by atoms with E-state index in [1.165, 1.54) is 6.07 Å². The van der Waals surface area contributed by atoms with Crippen LogP contribution in [0.3, 0.4) is 0 Å². The first-order valence-electron chi connectivity index (χ1n) is 8.78. The van der Waals surface area contributed by atoms with E-state index >= 15 is 0 Å². The Morgan fingerprint density at radius 3 is 2.54 bits per heavy atom. The molecule has 0 spiro atoms. The molecule has 2 heterocycles. The molecule has 2 fully saturated rings. The molecule has 130 valence electrons. The highest BCUT2D eigenvalue weighted by Gasteiger charge is 2.67. The molecule has 1 aromatic rings. The van der Waals surface area contributed by atoms with Gasteiger partial charge in [-0.25, -0.2) is 4.79 Å². The molecular formula is C19H24O5. The van der Waals surface area contributed by atoms with E-state index in [1.54, 1.807) is 0 Å². The fraction of sp³-hybridized carbons (Fsp3) is 0.684. The quantitative estimate of drug-likeness (QED) is 0.800. The molecule has 5 nitrogen and oxygen atoms in total. The molecule has 0 unspecified atom stereocenters. The molecular weight excluding hydrogens is 308 g/mol. The van der Waals surface area contributed by atoms with Crippen LogP contribution < -0.4 is 5.63 Å². The monoisotopic (exact) mass is 332 g/mol. The summed E-state index contributed by atoms with van der Waals surface area (Å²) in [6.07, 6.45) is 1.04. The predicted octanol–water partition coefficient (Wildman–Crippen LogP) is 2.80. The third-order valence-corrected chi connectivity index (χ3v) is 6.58. The van der Waals surface area contributed by atoms with Crippen LogP contribution in [-0.2, 0) is 14.9 Å². The second-order valence-corrected chi connectivity index (χ2v) is 8.39. The molecule has 1 saturated carbocycles. The van der Waals surface area contributed by atoms with Crippen LogP contribution in [0, 0.1) is 11.3 Å². The highest BCUT2D eigenvalue weighted by atomic mass is 16.6. The second kappa shape index (κ2) is 4.72. The van der Waals surface area contributed by atoms with E-state index in [2.05, 4.69) is 6.92 Å². The highest BCUT2D eigenvalue weighted by Crippen LogP contribution is 2.63. The van der Waals surface area contributed by atoms with Crippen molar-refractivity contribution in [2.45, 2.75) is 70.5 Å². The summed E-state index contributed by atoms with van der Waals surface area (Å²) in [6, 6.07) is 1.52. The lowest BCUT2D eigenvalue weighted by molar-refractivity contribution is -0.151. The smallest absolute Gasteiger partial charge is 0.336 e. The first-order chi connectivity index (χ1) is 11.2. The van der Waals surface area contributed by atoms with Crippen LogP contribution >= 0.6 is 0 Å². The number of carbonyl (C=O) groups excluding carboxylic acids is 1. The SMILES string of the molecule is CC(C)c1oc(=O)cc2c1[C@@H](O)[C@H]1OC(=O)[C@@]3(C)CCC[C@@]2(C)[C@@H]13. The molecule has 5 heteroatoms. The summed E-state index contributed by atoms with van der Waals surface area (Å²) in [5, 5.41) is 11.0. The topological polar surface area (TPSA) is 76.7 Å². The van der Waals surface area contributed by atoms with Crippen LogP contribution in [0.4, 0.5) is 0 Å². The average Bonchev–Trinajstić information content (AvgIpc) is 2.78. The molecule has 0 amide bonds. The van der Waals surface area contributed by atoms with Crippen molar-refractivity contribution in [2.75, 3.05) is 0 Å². The molecule has 3 aliphatic rings.